The molecule has 2 aromatic carbocycles. The van der Waals surface area contributed by atoms with E-state index < -0.39 is 4.92 Å². The van der Waals surface area contributed by atoms with Crippen LogP contribution in [0.15, 0.2) is 67.0 Å². The van der Waals surface area contributed by atoms with E-state index in [0.29, 0.717) is 49.8 Å². The second-order valence-corrected chi connectivity index (χ2v) is 7.94. The van der Waals surface area contributed by atoms with Crippen molar-refractivity contribution in [2.45, 2.75) is 12.8 Å². The Balaban J connectivity index is 1.24. The van der Waals surface area contributed by atoms with Crippen molar-refractivity contribution in [1.82, 2.24) is 14.9 Å². The van der Waals surface area contributed by atoms with Crippen LogP contribution >= 0.6 is 0 Å². The van der Waals surface area contributed by atoms with E-state index in [0.717, 1.165) is 5.56 Å². The summed E-state index contributed by atoms with van der Waals surface area (Å²) in [6.07, 6.45) is 3.82. The number of benzene rings is 2. The van der Waals surface area contributed by atoms with Gasteiger partial charge in [-0.1, -0.05) is 24.3 Å². The number of carbonyl (C=O) groups excluding carboxylic acids is 2. The van der Waals surface area contributed by atoms with Gasteiger partial charge in [0, 0.05) is 56.4 Å². The number of piperazine rings is 1. The van der Waals surface area contributed by atoms with Gasteiger partial charge in [0.1, 0.15) is 0 Å². The van der Waals surface area contributed by atoms with Crippen LogP contribution in [-0.2, 0) is 22.4 Å². The lowest BCUT2D eigenvalue weighted by Crippen LogP contribution is -2.49. The number of nitrogens with one attached hydrogen (secondary N) is 1. The number of nitrogens with zero attached hydrogens (tertiary/aromatic N) is 5. The van der Waals surface area contributed by atoms with Crippen molar-refractivity contribution in [1.29, 1.82) is 0 Å². The van der Waals surface area contributed by atoms with Crippen molar-refractivity contribution >= 4 is 29.1 Å². The molecule has 1 aliphatic heterocycles. The molecule has 1 saturated heterocycles. The van der Waals surface area contributed by atoms with Crippen molar-refractivity contribution < 1.29 is 14.5 Å². The third-order valence-electron chi connectivity index (χ3n) is 5.57. The summed E-state index contributed by atoms with van der Waals surface area (Å²) in [5.41, 5.74) is 2.16. The van der Waals surface area contributed by atoms with Crippen LogP contribution in [0.4, 0.5) is 17.3 Å². The van der Waals surface area contributed by atoms with E-state index >= 15 is 0 Å². The molecule has 4 rings (SSSR count). The van der Waals surface area contributed by atoms with Gasteiger partial charge in [-0.15, -0.1) is 0 Å². The molecular weight excluding hydrogens is 436 g/mol. The molecule has 1 aliphatic rings. The van der Waals surface area contributed by atoms with Crippen LogP contribution in [0.3, 0.4) is 0 Å². The molecule has 0 radical (unpaired) electrons. The number of carbonyl (C=O) groups is 2. The first-order valence-corrected chi connectivity index (χ1v) is 10.9. The van der Waals surface area contributed by atoms with Crippen molar-refractivity contribution in [3.8, 4) is 0 Å². The van der Waals surface area contributed by atoms with Crippen LogP contribution < -0.4 is 10.2 Å². The fourth-order valence-corrected chi connectivity index (χ4v) is 3.73. The van der Waals surface area contributed by atoms with Gasteiger partial charge in [-0.05, 0) is 29.3 Å². The average molecular weight is 460 g/mol. The predicted molar refractivity (Wildman–Crippen MR) is 126 cm³/mol. The molecule has 10 heteroatoms. The Morgan fingerprint density at radius 2 is 1.47 bits per heavy atom. The Hall–Kier alpha value is -4.34. The third kappa shape index (κ3) is 5.91. The lowest BCUT2D eigenvalue weighted by atomic mass is 10.1. The quantitative estimate of drug-likeness (QED) is 0.425. The smallest absolute Gasteiger partial charge is 0.269 e. The molecule has 0 unspecified atom stereocenters. The fourth-order valence-electron chi connectivity index (χ4n) is 3.73. The SMILES string of the molecule is O=C(Cc1ccc([N+](=O)[O-])cc1)Nc1ccc(CC(=O)N2CCN(c3ncccn3)CC2)cc1. The molecular formula is C24H24N6O4. The van der Waals surface area contributed by atoms with Crippen LogP contribution in [0.2, 0.25) is 0 Å². The lowest BCUT2D eigenvalue weighted by Gasteiger charge is -2.34. The Morgan fingerprint density at radius 1 is 0.882 bits per heavy atom. The molecule has 0 atom stereocenters. The average Bonchev–Trinajstić information content (AvgIpc) is 2.86. The summed E-state index contributed by atoms with van der Waals surface area (Å²) in [4.78, 5) is 47.7. The van der Waals surface area contributed by atoms with Crippen LogP contribution in [0, 0.1) is 10.1 Å². The van der Waals surface area contributed by atoms with E-state index in [-0.39, 0.29) is 23.9 Å². The number of hydrogen-bond donors (Lipinski definition) is 1. The van der Waals surface area contributed by atoms with Gasteiger partial charge >= 0.3 is 0 Å². The number of amides is 2. The topological polar surface area (TPSA) is 122 Å². The molecule has 1 N–H and O–H groups in total. The van der Waals surface area contributed by atoms with Gasteiger partial charge in [0.05, 0.1) is 17.8 Å². The molecule has 10 nitrogen and oxygen atoms in total. The zero-order valence-electron chi connectivity index (χ0n) is 18.5. The molecule has 0 aliphatic carbocycles. The maximum atomic E-state index is 12.7. The normalized spacial score (nSPS) is 13.4. The first-order valence-electron chi connectivity index (χ1n) is 10.9. The molecule has 1 aromatic heterocycles. The van der Waals surface area contributed by atoms with Crippen molar-refractivity contribution in [2.75, 3.05) is 36.4 Å². The number of non-ortho nitro benzene ring substituents is 1. The van der Waals surface area contributed by atoms with Crippen molar-refractivity contribution in [3.05, 3.63) is 88.2 Å². The van der Waals surface area contributed by atoms with E-state index in [2.05, 4.69) is 20.2 Å². The van der Waals surface area contributed by atoms with Gasteiger partial charge in [-0.3, -0.25) is 19.7 Å². The molecule has 1 fully saturated rings. The van der Waals surface area contributed by atoms with Crippen LogP contribution in [0.25, 0.3) is 0 Å². The third-order valence-corrected chi connectivity index (χ3v) is 5.57. The Kier molecular flexibility index (Phi) is 7.07. The summed E-state index contributed by atoms with van der Waals surface area (Å²) in [6, 6.07) is 14.9. The Labute approximate surface area is 196 Å². The molecule has 34 heavy (non-hydrogen) atoms. The summed E-state index contributed by atoms with van der Waals surface area (Å²) in [5.74, 6) is 0.516. The van der Waals surface area contributed by atoms with Crippen molar-refractivity contribution in [2.24, 2.45) is 0 Å². The molecule has 3 aromatic rings. The minimum absolute atomic E-state index is 0.0126. The minimum atomic E-state index is -0.476. The standard InChI is InChI=1S/C24H24N6O4/c31-22(16-18-4-8-21(9-5-18)30(33)34)27-20-6-2-19(3-7-20)17-23(32)28-12-14-29(15-13-28)24-25-10-1-11-26-24/h1-11H,12-17H2,(H,27,31). The molecule has 0 spiro atoms. The minimum Gasteiger partial charge on any atom is -0.339 e. The van der Waals surface area contributed by atoms with E-state index in [9.17, 15) is 19.7 Å². The predicted octanol–water partition coefficient (Wildman–Crippen LogP) is 2.46. The highest BCUT2D eigenvalue weighted by atomic mass is 16.6. The zero-order valence-corrected chi connectivity index (χ0v) is 18.5. The maximum absolute atomic E-state index is 12.7. The van der Waals surface area contributed by atoms with Crippen molar-refractivity contribution in [3.63, 3.8) is 0 Å². The van der Waals surface area contributed by atoms with Crippen LogP contribution in [0.5, 0.6) is 0 Å². The van der Waals surface area contributed by atoms with E-state index in [1.165, 1.54) is 12.1 Å². The van der Waals surface area contributed by atoms with Gasteiger partial charge in [-0.2, -0.15) is 0 Å². The molecule has 174 valence electrons. The second-order valence-electron chi connectivity index (χ2n) is 7.94. The molecule has 0 bridgehead atoms. The highest BCUT2D eigenvalue weighted by Crippen LogP contribution is 2.15. The first kappa shape index (κ1) is 22.8. The van der Waals surface area contributed by atoms with Gasteiger partial charge in [0.25, 0.3) is 5.69 Å². The van der Waals surface area contributed by atoms with E-state index in [1.807, 2.05) is 17.0 Å². The lowest BCUT2D eigenvalue weighted by molar-refractivity contribution is -0.384. The zero-order chi connectivity index (χ0) is 23.9. The summed E-state index contributed by atoms with van der Waals surface area (Å²) < 4.78 is 0. The van der Waals surface area contributed by atoms with Crippen LogP contribution in [-0.4, -0.2) is 57.8 Å². The van der Waals surface area contributed by atoms with Gasteiger partial charge in [-0.25, -0.2) is 9.97 Å². The summed E-state index contributed by atoms with van der Waals surface area (Å²) in [6.45, 7) is 2.62. The number of nitro groups is 1. The number of anilines is 2. The Bertz CT molecular complexity index is 1140. The first-order chi connectivity index (χ1) is 16.5. The molecule has 2 amide bonds. The van der Waals surface area contributed by atoms with Gasteiger partial charge in [0.2, 0.25) is 17.8 Å². The summed E-state index contributed by atoms with van der Waals surface area (Å²) in [7, 11) is 0. The van der Waals surface area contributed by atoms with Crippen LogP contribution in [0.1, 0.15) is 11.1 Å². The summed E-state index contributed by atoms with van der Waals surface area (Å²) >= 11 is 0. The molecule has 2 heterocycles. The van der Waals surface area contributed by atoms with E-state index in [1.54, 1.807) is 42.7 Å². The monoisotopic (exact) mass is 460 g/mol. The summed E-state index contributed by atoms with van der Waals surface area (Å²) in [5, 5.41) is 13.5. The molecule has 0 saturated carbocycles. The number of aromatic nitrogens is 2. The highest BCUT2D eigenvalue weighted by molar-refractivity contribution is 5.92. The number of hydrogen-bond acceptors (Lipinski definition) is 7. The second kappa shape index (κ2) is 10.5. The number of rotatable bonds is 7. The highest BCUT2D eigenvalue weighted by Gasteiger charge is 2.22. The van der Waals surface area contributed by atoms with Gasteiger partial charge in [0.15, 0.2) is 0 Å². The largest absolute Gasteiger partial charge is 0.339 e. The maximum Gasteiger partial charge on any atom is 0.269 e. The van der Waals surface area contributed by atoms with Gasteiger partial charge < -0.3 is 15.1 Å². The van der Waals surface area contributed by atoms with E-state index in [4.69, 9.17) is 0 Å². The number of nitro benzene ring substituents is 1. The Morgan fingerprint density at radius 3 is 2.09 bits per heavy atom. The fraction of sp³-hybridized carbons (Fsp3) is 0.250.